The summed E-state index contributed by atoms with van der Waals surface area (Å²) < 4.78 is 5.29. The number of allylic oxidation sites excluding steroid dienone is 3. The highest BCUT2D eigenvalue weighted by Crippen LogP contribution is 2.31. The van der Waals surface area contributed by atoms with Crippen molar-refractivity contribution in [2.75, 3.05) is 39.8 Å². The van der Waals surface area contributed by atoms with Crippen LogP contribution in [0.4, 0.5) is 0 Å². The number of likely N-dealkylation sites (tertiary alicyclic amines) is 2. The van der Waals surface area contributed by atoms with Crippen LogP contribution in [-0.4, -0.2) is 55.5 Å². The molecule has 4 nitrogen and oxygen atoms in total. The lowest BCUT2D eigenvalue weighted by atomic mass is 9.89. The topological polar surface area (TPSA) is 32.8 Å². The number of piperidine rings is 1. The van der Waals surface area contributed by atoms with Crippen LogP contribution in [0.5, 0.6) is 5.75 Å². The molecule has 0 spiro atoms. The molecular formula is C33H38N2O2S. The predicted octanol–water partition coefficient (Wildman–Crippen LogP) is 6.91. The lowest BCUT2D eigenvalue weighted by Gasteiger charge is -2.33. The largest absolute Gasteiger partial charge is 0.497 e. The van der Waals surface area contributed by atoms with Gasteiger partial charge in [0.15, 0.2) is 0 Å². The van der Waals surface area contributed by atoms with Crippen molar-refractivity contribution in [1.29, 1.82) is 0 Å². The second-order valence-electron chi connectivity index (χ2n) is 10.4. The molecule has 0 bridgehead atoms. The number of fused-ring (bicyclic) bond motifs is 1. The fraction of sp³-hybridized carbons (Fsp3) is 0.364. The summed E-state index contributed by atoms with van der Waals surface area (Å²) in [4.78, 5) is 18.1. The van der Waals surface area contributed by atoms with Gasteiger partial charge in [-0.3, -0.25) is 4.79 Å². The van der Waals surface area contributed by atoms with Crippen LogP contribution in [-0.2, 0) is 6.42 Å². The molecule has 2 saturated heterocycles. The normalized spacial score (nSPS) is 19.4. The number of benzene rings is 2. The van der Waals surface area contributed by atoms with Gasteiger partial charge in [-0.15, -0.1) is 0 Å². The van der Waals surface area contributed by atoms with E-state index in [0.717, 1.165) is 62.4 Å². The van der Waals surface area contributed by atoms with Crippen LogP contribution in [0.15, 0.2) is 83.6 Å². The Morgan fingerprint density at radius 3 is 2.45 bits per heavy atom. The van der Waals surface area contributed by atoms with Crippen molar-refractivity contribution in [2.45, 2.75) is 31.6 Å². The third kappa shape index (κ3) is 6.64. The van der Waals surface area contributed by atoms with Gasteiger partial charge in [0.05, 0.1) is 7.11 Å². The molecule has 3 heterocycles. The van der Waals surface area contributed by atoms with Crippen molar-refractivity contribution >= 4 is 23.3 Å². The molecule has 198 valence electrons. The highest BCUT2D eigenvalue weighted by atomic mass is 32.1. The number of amides is 1. The number of methoxy groups -OCH3 is 1. The fourth-order valence-electron chi connectivity index (χ4n) is 5.85. The van der Waals surface area contributed by atoms with E-state index in [1.807, 2.05) is 41.1 Å². The van der Waals surface area contributed by atoms with Gasteiger partial charge in [0, 0.05) is 25.2 Å². The predicted molar refractivity (Wildman–Crippen MR) is 158 cm³/mol. The standard InChI is InChI=1S/C29H34N2O2.C4H4S/c1-33-26-12-10-23(11-13-26)24-15-17-30(18-16-24)20-22-14-19-31(21-22)29(32)28-9-5-7-25-6-3-2-4-8-27(25)28;1-2-4-5-3-1/h2-5,7-13,22,24H,6,14-21H2,1H3;1-4H/t22-;/m1./s1. The summed E-state index contributed by atoms with van der Waals surface area (Å²) in [5.41, 5.74) is 4.62. The second-order valence-corrected chi connectivity index (χ2v) is 11.2. The minimum absolute atomic E-state index is 0.194. The van der Waals surface area contributed by atoms with E-state index >= 15 is 0 Å². The van der Waals surface area contributed by atoms with Crippen LogP contribution in [0.2, 0.25) is 0 Å². The van der Waals surface area contributed by atoms with Gasteiger partial charge in [-0.1, -0.05) is 60.7 Å². The summed E-state index contributed by atoms with van der Waals surface area (Å²) in [6, 6.07) is 18.8. The summed E-state index contributed by atoms with van der Waals surface area (Å²) in [6.07, 6.45) is 12.8. The lowest BCUT2D eigenvalue weighted by Crippen LogP contribution is -2.38. The Labute approximate surface area is 231 Å². The van der Waals surface area contributed by atoms with E-state index in [-0.39, 0.29) is 5.91 Å². The molecule has 2 aromatic carbocycles. The summed E-state index contributed by atoms with van der Waals surface area (Å²) >= 11 is 1.71. The second kappa shape index (κ2) is 13.1. The number of ether oxygens (including phenoxy) is 1. The zero-order valence-corrected chi connectivity index (χ0v) is 23.1. The van der Waals surface area contributed by atoms with Crippen LogP contribution in [0.1, 0.15) is 52.2 Å². The Bertz CT molecular complexity index is 1210. The summed E-state index contributed by atoms with van der Waals surface area (Å²) in [7, 11) is 1.72. The van der Waals surface area contributed by atoms with Gasteiger partial charge in [-0.05, 0) is 96.3 Å². The van der Waals surface area contributed by atoms with Crippen LogP contribution in [0, 0.1) is 5.92 Å². The van der Waals surface area contributed by atoms with Crippen molar-refractivity contribution < 1.29 is 9.53 Å². The minimum Gasteiger partial charge on any atom is -0.497 e. The number of rotatable bonds is 5. The highest BCUT2D eigenvalue weighted by molar-refractivity contribution is 7.07. The highest BCUT2D eigenvalue weighted by Gasteiger charge is 2.30. The first-order valence-corrected chi connectivity index (χ1v) is 14.7. The Kier molecular flexibility index (Phi) is 9.11. The van der Waals surface area contributed by atoms with Crippen LogP contribution in [0.3, 0.4) is 0 Å². The molecule has 6 rings (SSSR count). The van der Waals surface area contributed by atoms with Crippen molar-refractivity contribution in [3.63, 3.8) is 0 Å². The molecule has 0 N–H and O–H groups in total. The van der Waals surface area contributed by atoms with E-state index in [4.69, 9.17) is 4.74 Å². The fourth-order valence-corrected chi connectivity index (χ4v) is 6.31. The number of hydrogen-bond donors (Lipinski definition) is 0. The minimum atomic E-state index is 0.194. The first kappa shape index (κ1) is 26.5. The van der Waals surface area contributed by atoms with Gasteiger partial charge in [-0.2, -0.15) is 11.3 Å². The molecule has 1 atom stereocenters. The zero-order valence-electron chi connectivity index (χ0n) is 22.3. The Hall–Kier alpha value is -3.15. The maximum atomic E-state index is 13.4. The molecule has 2 aliphatic heterocycles. The summed E-state index contributed by atoms with van der Waals surface area (Å²) in [5.74, 6) is 2.34. The van der Waals surface area contributed by atoms with Gasteiger partial charge < -0.3 is 14.5 Å². The first-order chi connectivity index (χ1) is 18.7. The van der Waals surface area contributed by atoms with E-state index in [2.05, 4.69) is 58.4 Å². The molecular weight excluding hydrogens is 488 g/mol. The van der Waals surface area contributed by atoms with Gasteiger partial charge in [-0.25, -0.2) is 0 Å². The molecule has 1 amide bonds. The van der Waals surface area contributed by atoms with Crippen molar-refractivity contribution in [3.8, 4) is 5.75 Å². The molecule has 0 saturated carbocycles. The molecule has 0 unspecified atom stereocenters. The smallest absolute Gasteiger partial charge is 0.254 e. The molecule has 38 heavy (non-hydrogen) atoms. The average molecular weight is 527 g/mol. The van der Waals surface area contributed by atoms with E-state index < -0.39 is 0 Å². The third-order valence-electron chi connectivity index (χ3n) is 7.96. The van der Waals surface area contributed by atoms with Crippen molar-refractivity contribution in [3.05, 3.63) is 106 Å². The van der Waals surface area contributed by atoms with Gasteiger partial charge in [0.25, 0.3) is 5.91 Å². The molecule has 3 aromatic rings. The first-order valence-electron chi connectivity index (χ1n) is 13.8. The quantitative estimate of drug-likeness (QED) is 0.362. The van der Waals surface area contributed by atoms with Crippen LogP contribution < -0.4 is 4.74 Å². The Morgan fingerprint density at radius 2 is 1.74 bits per heavy atom. The maximum Gasteiger partial charge on any atom is 0.254 e. The van der Waals surface area contributed by atoms with E-state index in [1.54, 1.807) is 18.4 Å². The average Bonchev–Trinajstić information content (AvgIpc) is 3.65. The van der Waals surface area contributed by atoms with E-state index in [1.165, 1.54) is 24.0 Å². The third-order valence-corrected chi connectivity index (χ3v) is 8.59. The number of carbonyl (C=O) groups is 1. The van der Waals surface area contributed by atoms with Gasteiger partial charge in [0.1, 0.15) is 5.75 Å². The van der Waals surface area contributed by atoms with E-state index in [0.29, 0.717) is 11.8 Å². The van der Waals surface area contributed by atoms with Gasteiger partial charge >= 0.3 is 0 Å². The molecule has 5 heteroatoms. The molecule has 3 aliphatic rings. The Balaban J connectivity index is 0.000000529. The zero-order chi connectivity index (χ0) is 26.2. The van der Waals surface area contributed by atoms with Gasteiger partial charge in [0.2, 0.25) is 0 Å². The number of thiophene rings is 1. The lowest BCUT2D eigenvalue weighted by molar-refractivity contribution is 0.0781. The maximum absolute atomic E-state index is 13.4. The van der Waals surface area contributed by atoms with Crippen molar-refractivity contribution in [2.24, 2.45) is 5.92 Å². The number of hydrogen-bond acceptors (Lipinski definition) is 4. The van der Waals surface area contributed by atoms with Crippen molar-refractivity contribution in [1.82, 2.24) is 9.80 Å². The number of carbonyl (C=O) groups excluding carboxylic acids is 1. The van der Waals surface area contributed by atoms with E-state index in [9.17, 15) is 4.79 Å². The summed E-state index contributed by atoms with van der Waals surface area (Å²) in [5, 5.41) is 4.08. The molecule has 1 aliphatic carbocycles. The summed E-state index contributed by atoms with van der Waals surface area (Å²) in [6.45, 7) is 5.15. The monoisotopic (exact) mass is 526 g/mol. The molecule has 1 aromatic heterocycles. The van der Waals surface area contributed by atoms with Crippen LogP contribution >= 0.6 is 11.3 Å². The number of nitrogens with zero attached hydrogens (tertiary/aromatic N) is 2. The van der Waals surface area contributed by atoms with Crippen LogP contribution in [0.25, 0.3) is 6.08 Å². The molecule has 0 radical (unpaired) electrons. The molecule has 2 fully saturated rings. The SMILES string of the molecule is COc1ccc(C2CCN(C[C@H]3CCN(C(=O)c4cccc5c4C=CC=CC5)C3)CC2)cc1.c1ccsc1. The Morgan fingerprint density at radius 1 is 0.947 bits per heavy atom.